The van der Waals surface area contributed by atoms with Crippen LogP contribution in [0.1, 0.15) is 34.3 Å². The van der Waals surface area contributed by atoms with Crippen molar-refractivity contribution in [1.29, 1.82) is 0 Å². The molecule has 1 aliphatic rings. The second kappa shape index (κ2) is 3.15. The number of aryl methyl sites for hydroxylation is 2. The van der Waals surface area contributed by atoms with Crippen LogP contribution in [0.5, 0.6) is 0 Å². The fourth-order valence-corrected chi connectivity index (χ4v) is 2.95. The lowest BCUT2D eigenvalue weighted by molar-refractivity contribution is 0.615. The number of nitrogens with zero attached hydrogens (tertiary/aromatic N) is 1. The van der Waals surface area contributed by atoms with Crippen molar-refractivity contribution < 1.29 is 0 Å². The third-order valence-corrected chi connectivity index (χ3v) is 3.50. The smallest absolute Gasteiger partial charge is 0.0900 e. The van der Waals surface area contributed by atoms with Gasteiger partial charge in [0.25, 0.3) is 0 Å². The number of nitrogens with two attached hydrogens (primary N) is 1. The van der Waals surface area contributed by atoms with Gasteiger partial charge in [0, 0.05) is 10.8 Å². The number of fused-ring (bicyclic) bond motifs is 1. The Bertz CT molecular complexity index is 280. The normalized spacial score (nSPS) is 21.3. The summed E-state index contributed by atoms with van der Waals surface area (Å²) in [5.74, 6) is 0.662. The molecule has 0 amide bonds. The van der Waals surface area contributed by atoms with E-state index in [-0.39, 0.29) is 0 Å². The Balaban J connectivity index is 2.22. The summed E-state index contributed by atoms with van der Waals surface area (Å²) in [7, 11) is 0. The van der Waals surface area contributed by atoms with E-state index in [2.05, 4.69) is 11.9 Å². The topological polar surface area (TPSA) is 38.9 Å². The highest BCUT2D eigenvalue weighted by atomic mass is 32.1. The summed E-state index contributed by atoms with van der Waals surface area (Å²) in [6, 6.07) is 0. The Kier molecular flexibility index (Phi) is 2.15. The maximum Gasteiger partial charge on any atom is 0.0900 e. The van der Waals surface area contributed by atoms with E-state index in [1.165, 1.54) is 28.4 Å². The molecular formula is C9H14N2S. The molecule has 1 unspecified atom stereocenters. The first kappa shape index (κ1) is 8.20. The van der Waals surface area contributed by atoms with Crippen molar-refractivity contribution in [3.8, 4) is 0 Å². The summed E-state index contributed by atoms with van der Waals surface area (Å²) in [6.45, 7) is 2.88. The lowest BCUT2D eigenvalue weighted by atomic mass is 10.0. The lowest BCUT2D eigenvalue weighted by Gasteiger charge is -2.05. The van der Waals surface area contributed by atoms with Gasteiger partial charge in [-0.15, -0.1) is 11.3 Å². The lowest BCUT2D eigenvalue weighted by Crippen LogP contribution is -2.05. The van der Waals surface area contributed by atoms with Crippen molar-refractivity contribution in [2.24, 2.45) is 5.73 Å². The van der Waals surface area contributed by atoms with Crippen molar-refractivity contribution in [2.75, 3.05) is 6.54 Å². The maximum atomic E-state index is 5.55. The molecule has 0 aromatic carbocycles. The molecule has 1 aromatic heterocycles. The number of rotatable bonds is 2. The van der Waals surface area contributed by atoms with Crippen LogP contribution < -0.4 is 5.73 Å². The molecule has 3 heteroatoms. The predicted octanol–water partition coefficient (Wildman–Crippen LogP) is 1.83. The summed E-state index contributed by atoms with van der Waals surface area (Å²) < 4.78 is 0. The molecule has 2 nitrogen and oxygen atoms in total. The molecule has 1 atom stereocenters. The maximum absolute atomic E-state index is 5.55. The second-order valence-corrected chi connectivity index (χ2v) is 4.64. The molecule has 1 aromatic rings. The van der Waals surface area contributed by atoms with Gasteiger partial charge >= 0.3 is 0 Å². The Morgan fingerprint density at radius 2 is 2.50 bits per heavy atom. The summed E-state index contributed by atoms with van der Waals surface area (Å²) in [4.78, 5) is 6.06. The van der Waals surface area contributed by atoms with Gasteiger partial charge in [-0.25, -0.2) is 4.98 Å². The third kappa shape index (κ3) is 1.27. The highest BCUT2D eigenvalue weighted by molar-refractivity contribution is 7.11. The van der Waals surface area contributed by atoms with Crippen molar-refractivity contribution >= 4 is 11.3 Å². The molecule has 2 rings (SSSR count). The standard InChI is InChI=1S/C9H14N2S/c1-6-11-9-7(4-5-10)2-3-8(9)12-6/h7H,2-5,10H2,1H3. The monoisotopic (exact) mass is 182 g/mol. The molecule has 12 heavy (non-hydrogen) atoms. The van der Waals surface area contributed by atoms with E-state index in [0.29, 0.717) is 5.92 Å². The molecule has 1 aliphatic carbocycles. The summed E-state index contributed by atoms with van der Waals surface area (Å²) in [5.41, 5.74) is 6.90. The quantitative estimate of drug-likeness (QED) is 0.758. The number of thiazole rings is 1. The molecule has 0 aliphatic heterocycles. The number of hydrogen-bond donors (Lipinski definition) is 1. The fraction of sp³-hybridized carbons (Fsp3) is 0.667. The van der Waals surface area contributed by atoms with E-state index in [1.54, 1.807) is 0 Å². The van der Waals surface area contributed by atoms with Gasteiger partial charge in [0.1, 0.15) is 0 Å². The van der Waals surface area contributed by atoms with Crippen molar-refractivity contribution in [3.63, 3.8) is 0 Å². The Labute approximate surface area is 76.8 Å². The van der Waals surface area contributed by atoms with Gasteiger partial charge in [-0.3, -0.25) is 0 Å². The van der Waals surface area contributed by atoms with E-state index in [4.69, 9.17) is 5.73 Å². The summed E-state index contributed by atoms with van der Waals surface area (Å²) in [6.07, 6.45) is 3.60. The molecule has 0 fully saturated rings. The van der Waals surface area contributed by atoms with E-state index >= 15 is 0 Å². The largest absolute Gasteiger partial charge is 0.330 e. The Morgan fingerprint density at radius 3 is 3.25 bits per heavy atom. The molecule has 1 heterocycles. The van der Waals surface area contributed by atoms with Gasteiger partial charge in [-0.05, 0) is 32.7 Å². The Hall–Kier alpha value is -0.410. The van der Waals surface area contributed by atoms with Gasteiger partial charge in [0.05, 0.1) is 10.7 Å². The summed E-state index contributed by atoms with van der Waals surface area (Å²) >= 11 is 1.85. The minimum absolute atomic E-state index is 0.662. The zero-order valence-corrected chi connectivity index (χ0v) is 8.16. The predicted molar refractivity (Wildman–Crippen MR) is 51.6 cm³/mol. The van der Waals surface area contributed by atoms with E-state index in [0.717, 1.165) is 13.0 Å². The summed E-state index contributed by atoms with van der Waals surface area (Å²) in [5, 5.41) is 1.21. The number of aromatic nitrogens is 1. The van der Waals surface area contributed by atoms with Crippen LogP contribution in [-0.4, -0.2) is 11.5 Å². The fourth-order valence-electron chi connectivity index (χ4n) is 1.91. The van der Waals surface area contributed by atoms with Crippen molar-refractivity contribution in [1.82, 2.24) is 4.98 Å². The van der Waals surface area contributed by atoms with Crippen LogP contribution in [0.3, 0.4) is 0 Å². The van der Waals surface area contributed by atoms with Gasteiger partial charge < -0.3 is 5.73 Å². The molecule has 0 spiro atoms. The van der Waals surface area contributed by atoms with E-state index in [1.807, 2.05) is 11.3 Å². The SMILES string of the molecule is Cc1nc2c(s1)CCC2CCN. The molecular weight excluding hydrogens is 168 g/mol. The second-order valence-electron chi connectivity index (χ2n) is 3.35. The first-order valence-electron chi connectivity index (χ1n) is 4.47. The van der Waals surface area contributed by atoms with Crippen LogP contribution in [0, 0.1) is 6.92 Å². The van der Waals surface area contributed by atoms with E-state index in [9.17, 15) is 0 Å². The average molecular weight is 182 g/mol. The van der Waals surface area contributed by atoms with Gasteiger partial charge in [-0.2, -0.15) is 0 Å². The first-order valence-corrected chi connectivity index (χ1v) is 5.29. The van der Waals surface area contributed by atoms with Crippen LogP contribution in [0.25, 0.3) is 0 Å². The molecule has 0 saturated carbocycles. The third-order valence-electron chi connectivity index (χ3n) is 2.46. The highest BCUT2D eigenvalue weighted by Crippen LogP contribution is 2.37. The zero-order chi connectivity index (χ0) is 8.55. The molecule has 0 radical (unpaired) electrons. The molecule has 66 valence electrons. The van der Waals surface area contributed by atoms with Crippen LogP contribution >= 0.6 is 11.3 Å². The molecule has 0 bridgehead atoms. The van der Waals surface area contributed by atoms with Crippen LogP contribution in [0.2, 0.25) is 0 Å². The van der Waals surface area contributed by atoms with Crippen molar-refractivity contribution in [3.05, 3.63) is 15.6 Å². The van der Waals surface area contributed by atoms with Crippen LogP contribution in [0.4, 0.5) is 0 Å². The van der Waals surface area contributed by atoms with Crippen molar-refractivity contribution in [2.45, 2.75) is 32.1 Å². The first-order chi connectivity index (χ1) is 5.81. The molecule has 0 saturated heterocycles. The van der Waals surface area contributed by atoms with E-state index < -0.39 is 0 Å². The highest BCUT2D eigenvalue weighted by Gasteiger charge is 2.25. The van der Waals surface area contributed by atoms with Crippen LogP contribution in [-0.2, 0) is 6.42 Å². The number of hydrogen-bond acceptors (Lipinski definition) is 3. The van der Waals surface area contributed by atoms with Gasteiger partial charge in [0.15, 0.2) is 0 Å². The average Bonchev–Trinajstić information content (AvgIpc) is 2.52. The molecule has 2 N–H and O–H groups in total. The Morgan fingerprint density at radius 1 is 1.67 bits per heavy atom. The van der Waals surface area contributed by atoms with Gasteiger partial charge in [-0.1, -0.05) is 0 Å². The zero-order valence-electron chi connectivity index (χ0n) is 7.34. The minimum Gasteiger partial charge on any atom is -0.330 e. The van der Waals surface area contributed by atoms with Crippen LogP contribution in [0.15, 0.2) is 0 Å². The minimum atomic E-state index is 0.662. The van der Waals surface area contributed by atoms with Gasteiger partial charge in [0.2, 0.25) is 0 Å².